The Bertz CT molecular complexity index is 987. The Morgan fingerprint density at radius 2 is 1.66 bits per heavy atom. The van der Waals surface area contributed by atoms with Crippen molar-refractivity contribution in [3.8, 4) is 28.7 Å². The fourth-order valence-electron chi connectivity index (χ4n) is 2.92. The maximum Gasteiger partial charge on any atom is 0.269 e. The highest BCUT2D eigenvalue weighted by atomic mass is 16.6. The highest BCUT2D eigenvalue weighted by Crippen LogP contribution is 2.33. The van der Waals surface area contributed by atoms with Gasteiger partial charge in [0.05, 0.1) is 12.3 Å². The summed E-state index contributed by atoms with van der Waals surface area (Å²) in [5.41, 5.74) is 0.550. The highest BCUT2D eigenvalue weighted by molar-refractivity contribution is 5.96. The van der Waals surface area contributed by atoms with E-state index in [0.29, 0.717) is 35.3 Å². The van der Waals surface area contributed by atoms with Crippen LogP contribution in [0.5, 0.6) is 28.7 Å². The van der Waals surface area contributed by atoms with Crippen LogP contribution in [0.15, 0.2) is 72.8 Å². The van der Waals surface area contributed by atoms with Gasteiger partial charge in [-0.25, -0.2) is 0 Å². The van der Waals surface area contributed by atoms with Crippen LogP contribution in [0, 0.1) is 0 Å². The zero-order valence-electron chi connectivity index (χ0n) is 16.0. The van der Waals surface area contributed by atoms with Gasteiger partial charge in [0, 0.05) is 0 Å². The van der Waals surface area contributed by atoms with Gasteiger partial charge in [0.1, 0.15) is 18.1 Å². The molecule has 0 saturated carbocycles. The third-order valence-electron chi connectivity index (χ3n) is 4.31. The lowest BCUT2D eigenvalue weighted by Crippen LogP contribution is -2.40. The number of hydrogen-bond acceptors (Lipinski definition) is 5. The number of benzene rings is 3. The summed E-state index contributed by atoms with van der Waals surface area (Å²) in [7, 11) is 0. The highest BCUT2D eigenvalue weighted by Gasteiger charge is 2.27. The number of rotatable bonds is 6. The summed E-state index contributed by atoms with van der Waals surface area (Å²) in [6, 6.07) is 21.8. The van der Waals surface area contributed by atoms with Gasteiger partial charge in [0.15, 0.2) is 17.2 Å². The van der Waals surface area contributed by atoms with Crippen LogP contribution in [0.3, 0.4) is 0 Å². The van der Waals surface area contributed by atoms with Crippen molar-refractivity contribution in [2.45, 2.75) is 13.0 Å². The molecule has 0 radical (unpaired) electrons. The SMILES string of the molecule is CCOc1ccc(Oc2ccccc2NC(=O)[C@@H]2COc3ccccc3O2)cc1. The Kier molecular flexibility index (Phi) is 5.52. The van der Waals surface area contributed by atoms with Crippen LogP contribution >= 0.6 is 0 Å². The predicted octanol–water partition coefficient (Wildman–Crippen LogP) is 4.66. The standard InChI is InChI=1S/C23H21NO5/c1-2-26-16-11-13-17(14-12-16)28-19-8-4-3-7-18(19)24-23(25)22-15-27-20-9-5-6-10-21(20)29-22/h3-14,22H,2,15H2,1H3,(H,24,25)/t22-/m0/s1. The molecule has 6 heteroatoms. The van der Waals surface area contributed by atoms with Crippen LogP contribution in [-0.4, -0.2) is 25.2 Å². The second kappa shape index (κ2) is 8.56. The molecule has 0 aliphatic carbocycles. The van der Waals surface area contributed by atoms with E-state index in [4.69, 9.17) is 18.9 Å². The normalized spacial score (nSPS) is 14.7. The fraction of sp³-hybridized carbons (Fsp3) is 0.174. The number of carbonyl (C=O) groups excluding carboxylic acids is 1. The molecule has 0 spiro atoms. The van der Waals surface area contributed by atoms with E-state index >= 15 is 0 Å². The monoisotopic (exact) mass is 391 g/mol. The predicted molar refractivity (Wildman–Crippen MR) is 109 cm³/mol. The first-order valence-electron chi connectivity index (χ1n) is 9.42. The Hall–Kier alpha value is -3.67. The third kappa shape index (κ3) is 4.43. The van der Waals surface area contributed by atoms with Gasteiger partial charge in [-0.05, 0) is 55.5 Å². The Labute approximate surface area is 169 Å². The number of fused-ring (bicyclic) bond motifs is 1. The molecule has 1 atom stereocenters. The molecule has 3 aromatic rings. The van der Waals surface area contributed by atoms with E-state index < -0.39 is 6.10 Å². The molecule has 0 bridgehead atoms. The van der Waals surface area contributed by atoms with Gasteiger partial charge in [-0.15, -0.1) is 0 Å². The van der Waals surface area contributed by atoms with Crippen LogP contribution in [0.2, 0.25) is 0 Å². The lowest BCUT2D eigenvalue weighted by atomic mass is 10.2. The molecule has 6 nitrogen and oxygen atoms in total. The third-order valence-corrected chi connectivity index (χ3v) is 4.31. The number of para-hydroxylation sites is 4. The summed E-state index contributed by atoms with van der Waals surface area (Å²) < 4.78 is 22.8. The summed E-state index contributed by atoms with van der Waals surface area (Å²) in [5, 5.41) is 2.87. The number of hydrogen-bond donors (Lipinski definition) is 1. The Morgan fingerprint density at radius 1 is 0.966 bits per heavy atom. The van der Waals surface area contributed by atoms with E-state index in [1.165, 1.54) is 0 Å². The molecule has 1 aliphatic rings. The Balaban J connectivity index is 1.45. The smallest absolute Gasteiger partial charge is 0.269 e. The zero-order valence-corrected chi connectivity index (χ0v) is 16.0. The zero-order chi connectivity index (χ0) is 20.1. The topological polar surface area (TPSA) is 66.0 Å². The molecule has 29 heavy (non-hydrogen) atoms. The minimum atomic E-state index is -0.747. The molecule has 0 fully saturated rings. The fourth-order valence-corrected chi connectivity index (χ4v) is 2.92. The molecule has 148 valence electrons. The first kappa shape index (κ1) is 18.7. The average molecular weight is 391 g/mol. The van der Waals surface area contributed by atoms with Gasteiger partial charge in [-0.3, -0.25) is 4.79 Å². The summed E-state index contributed by atoms with van der Waals surface area (Å²) in [4.78, 5) is 12.7. The maximum absolute atomic E-state index is 12.7. The second-order valence-corrected chi connectivity index (χ2v) is 6.36. The quantitative estimate of drug-likeness (QED) is 0.662. The number of amides is 1. The van der Waals surface area contributed by atoms with Gasteiger partial charge < -0.3 is 24.3 Å². The molecule has 0 unspecified atom stereocenters. The van der Waals surface area contributed by atoms with Crippen molar-refractivity contribution in [3.63, 3.8) is 0 Å². The summed E-state index contributed by atoms with van der Waals surface area (Å²) in [6.45, 7) is 2.68. The number of carbonyl (C=O) groups is 1. The minimum Gasteiger partial charge on any atom is -0.494 e. The van der Waals surface area contributed by atoms with E-state index in [9.17, 15) is 4.79 Å². The van der Waals surface area contributed by atoms with E-state index in [0.717, 1.165) is 5.75 Å². The maximum atomic E-state index is 12.7. The molecule has 1 aliphatic heterocycles. The Morgan fingerprint density at radius 3 is 2.45 bits per heavy atom. The van der Waals surface area contributed by atoms with Crippen molar-refractivity contribution in [1.29, 1.82) is 0 Å². The van der Waals surface area contributed by atoms with E-state index in [1.807, 2.05) is 61.5 Å². The van der Waals surface area contributed by atoms with Crippen LogP contribution in [-0.2, 0) is 4.79 Å². The summed E-state index contributed by atoms with van der Waals surface area (Å²) in [5.74, 6) is 2.83. The first-order valence-corrected chi connectivity index (χ1v) is 9.42. The van der Waals surface area contributed by atoms with Crippen molar-refractivity contribution in [1.82, 2.24) is 0 Å². The average Bonchev–Trinajstić information content (AvgIpc) is 2.76. The number of ether oxygens (including phenoxy) is 4. The van der Waals surface area contributed by atoms with Crippen molar-refractivity contribution in [2.24, 2.45) is 0 Å². The van der Waals surface area contributed by atoms with Crippen LogP contribution < -0.4 is 24.3 Å². The minimum absolute atomic E-state index is 0.144. The molecule has 1 amide bonds. The van der Waals surface area contributed by atoms with Crippen LogP contribution in [0.1, 0.15) is 6.92 Å². The van der Waals surface area contributed by atoms with Gasteiger partial charge in [-0.2, -0.15) is 0 Å². The second-order valence-electron chi connectivity index (χ2n) is 6.36. The largest absolute Gasteiger partial charge is 0.494 e. The van der Waals surface area contributed by atoms with Crippen molar-refractivity contribution in [2.75, 3.05) is 18.5 Å². The van der Waals surface area contributed by atoms with E-state index in [-0.39, 0.29) is 12.5 Å². The van der Waals surface area contributed by atoms with Gasteiger partial charge in [0.2, 0.25) is 6.10 Å². The summed E-state index contributed by atoms with van der Waals surface area (Å²) in [6.07, 6.45) is -0.747. The molecule has 3 aromatic carbocycles. The number of anilines is 1. The molecular weight excluding hydrogens is 370 g/mol. The van der Waals surface area contributed by atoms with Crippen LogP contribution in [0.25, 0.3) is 0 Å². The first-order chi connectivity index (χ1) is 14.2. The van der Waals surface area contributed by atoms with E-state index in [2.05, 4.69) is 5.32 Å². The van der Waals surface area contributed by atoms with Crippen molar-refractivity contribution >= 4 is 11.6 Å². The molecule has 0 saturated heterocycles. The van der Waals surface area contributed by atoms with Gasteiger partial charge >= 0.3 is 0 Å². The lowest BCUT2D eigenvalue weighted by molar-refractivity contribution is -0.125. The van der Waals surface area contributed by atoms with Crippen LogP contribution in [0.4, 0.5) is 5.69 Å². The lowest BCUT2D eigenvalue weighted by Gasteiger charge is -2.25. The molecule has 0 aromatic heterocycles. The number of nitrogens with one attached hydrogen (secondary N) is 1. The van der Waals surface area contributed by atoms with E-state index in [1.54, 1.807) is 18.2 Å². The molecule has 4 rings (SSSR count). The van der Waals surface area contributed by atoms with Gasteiger partial charge in [-0.1, -0.05) is 24.3 Å². The molecular formula is C23H21NO5. The molecule has 1 heterocycles. The van der Waals surface area contributed by atoms with Crippen molar-refractivity contribution in [3.05, 3.63) is 72.8 Å². The van der Waals surface area contributed by atoms with Gasteiger partial charge in [0.25, 0.3) is 5.91 Å². The molecule has 1 N–H and O–H groups in total. The summed E-state index contributed by atoms with van der Waals surface area (Å²) >= 11 is 0. The van der Waals surface area contributed by atoms with Crippen molar-refractivity contribution < 1.29 is 23.7 Å².